The number of hydrogen-bond donors (Lipinski definition) is 0. The van der Waals surface area contributed by atoms with Gasteiger partial charge in [-0.15, -0.1) is 23.1 Å². The average molecular weight is 416 g/mol. The van der Waals surface area contributed by atoms with E-state index in [2.05, 4.69) is 52.7 Å². The molecule has 0 N–H and O–H groups in total. The predicted octanol–water partition coefficient (Wildman–Crippen LogP) is 8.70. The summed E-state index contributed by atoms with van der Waals surface area (Å²) in [6.45, 7) is 4.60. The molecule has 0 amide bonds. The molecular weight excluding hydrogens is 384 g/mol. The molecule has 1 aliphatic rings. The highest BCUT2D eigenvalue weighted by Gasteiger charge is 2.45. The largest absolute Gasteiger partial charge is 0.148 e. The highest BCUT2D eigenvalue weighted by molar-refractivity contribution is 9.11. The van der Waals surface area contributed by atoms with Crippen molar-refractivity contribution in [3.05, 3.63) is 32.3 Å². The number of thioether (sulfide) groups is 1. The van der Waals surface area contributed by atoms with Gasteiger partial charge in [-0.2, -0.15) is 0 Å². The van der Waals surface area contributed by atoms with E-state index in [-0.39, 0.29) is 0 Å². The fourth-order valence-electron chi connectivity index (χ4n) is 3.64. The Morgan fingerprint density at radius 1 is 1.00 bits per heavy atom. The fourth-order valence-corrected chi connectivity index (χ4v) is 7.22. The first-order valence-electron chi connectivity index (χ1n) is 9.29. The van der Waals surface area contributed by atoms with E-state index < -0.39 is 0 Å². The van der Waals surface area contributed by atoms with Crippen LogP contribution in [0.2, 0.25) is 0 Å². The third-order valence-electron chi connectivity index (χ3n) is 5.04. The number of unbranched alkanes of at least 4 members (excludes halogenated alkanes) is 6. The molecule has 0 fully saturated rings. The summed E-state index contributed by atoms with van der Waals surface area (Å²) in [6, 6.07) is 4.56. The number of thiophene rings is 1. The number of rotatable bonds is 11. The summed E-state index contributed by atoms with van der Waals surface area (Å²) in [5.74, 6) is 0. The average Bonchev–Trinajstić information content (AvgIpc) is 3.18. The maximum absolute atomic E-state index is 3.97. The van der Waals surface area contributed by atoms with Gasteiger partial charge in [0.1, 0.15) is 0 Å². The van der Waals surface area contributed by atoms with Crippen molar-refractivity contribution < 1.29 is 0 Å². The molecule has 0 spiro atoms. The van der Waals surface area contributed by atoms with E-state index in [1.54, 1.807) is 4.88 Å². The van der Waals surface area contributed by atoms with Gasteiger partial charge in [0, 0.05) is 14.8 Å². The van der Waals surface area contributed by atoms with Crippen molar-refractivity contribution in [1.82, 2.24) is 0 Å². The highest BCUT2D eigenvalue weighted by atomic mass is 79.9. The minimum Gasteiger partial charge on any atom is -0.148 e. The van der Waals surface area contributed by atoms with Gasteiger partial charge in [-0.05, 0) is 29.7 Å². The normalized spacial score (nSPS) is 20.0. The maximum Gasteiger partial charge on any atom is 0.0534 e. The van der Waals surface area contributed by atoms with Crippen molar-refractivity contribution in [3.8, 4) is 0 Å². The summed E-state index contributed by atoms with van der Waals surface area (Å²) in [5.41, 5.74) is 0.344. The third-order valence-corrected chi connectivity index (χ3v) is 8.80. The lowest BCUT2D eigenvalue weighted by Gasteiger charge is -2.36. The van der Waals surface area contributed by atoms with Crippen LogP contribution in [0.4, 0.5) is 0 Å². The Morgan fingerprint density at radius 3 is 2.17 bits per heavy atom. The van der Waals surface area contributed by atoms with Gasteiger partial charge in [0.2, 0.25) is 0 Å². The van der Waals surface area contributed by atoms with Crippen molar-refractivity contribution in [3.63, 3.8) is 0 Å². The van der Waals surface area contributed by atoms with E-state index in [1.165, 1.54) is 68.7 Å². The number of hydrogen-bond acceptors (Lipinski definition) is 2. The molecule has 1 unspecified atom stereocenters. The molecule has 0 aliphatic carbocycles. The van der Waals surface area contributed by atoms with Crippen molar-refractivity contribution >= 4 is 39.0 Å². The Kier molecular flexibility index (Phi) is 8.78. The topological polar surface area (TPSA) is 0 Å². The van der Waals surface area contributed by atoms with Crippen LogP contribution in [0.5, 0.6) is 0 Å². The quantitative estimate of drug-likeness (QED) is 0.326. The van der Waals surface area contributed by atoms with E-state index in [1.807, 2.05) is 23.1 Å². The minimum atomic E-state index is 0.344. The van der Waals surface area contributed by atoms with Gasteiger partial charge >= 0.3 is 0 Å². The zero-order chi connectivity index (χ0) is 16.5. The molecule has 1 aliphatic heterocycles. The number of halogens is 1. The molecule has 1 aromatic heterocycles. The smallest absolute Gasteiger partial charge is 0.0534 e. The third kappa shape index (κ3) is 5.12. The van der Waals surface area contributed by atoms with Crippen molar-refractivity contribution in [2.24, 2.45) is 5.41 Å². The Morgan fingerprint density at radius 2 is 1.65 bits per heavy atom. The summed E-state index contributed by atoms with van der Waals surface area (Å²) in [7, 11) is 0. The van der Waals surface area contributed by atoms with Gasteiger partial charge in [0.25, 0.3) is 0 Å². The Hall–Kier alpha value is 0.270. The summed E-state index contributed by atoms with van der Waals surface area (Å²) in [6.07, 6.45) is 13.6. The molecule has 1 aromatic rings. The molecule has 23 heavy (non-hydrogen) atoms. The first-order valence-corrected chi connectivity index (χ1v) is 11.9. The molecule has 3 heteroatoms. The molecule has 0 saturated heterocycles. The zero-order valence-electron chi connectivity index (χ0n) is 14.7. The Bertz CT molecular complexity index is 452. The van der Waals surface area contributed by atoms with Gasteiger partial charge in [0.05, 0.1) is 5.25 Å². The van der Waals surface area contributed by atoms with Crippen LogP contribution in [-0.4, -0.2) is 0 Å². The monoisotopic (exact) mass is 414 g/mol. The maximum atomic E-state index is 3.97. The van der Waals surface area contributed by atoms with Gasteiger partial charge in [-0.1, -0.05) is 87.2 Å². The molecule has 2 heterocycles. The van der Waals surface area contributed by atoms with Crippen LogP contribution in [0.25, 0.3) is 0 Å². The van der Waals surface area contributed by atoms with Crippen molar-refractivity contribution in [2.45, 2.75) is 83.3 Å². The Balaban J connectivity index is 2.10. The minimum absolute atomic E-state index is 0.344. The first kappa shape index (κ1) is 19.6. The summed E-state index contributed by atoms with van der Waals surface area (Å²) < 4.78 is 1.47. The van der Waals surface area contributed by atoms with Crippen LogP contribution in [0.15, 0.2) is 27.4 Å². The lowest BCUT2D eigenvalue weighted by molar-refractivity contribution is 0.290. The zero-order valence-corrected chi connectivity index (χ0v) is 17.9. The lowest BCUT2D eigenvalue weighted by atomic mass is 9.74. The second kappa shape index (κ2) is 10.3. The van der Waals surface area contributed by atoms with E-state index in [0.29, 0.717) is 10.7 Å². The van der Waals surface area contributed by atoms with Crippen LogP contribution < -0.4 is 0 Å². The van der Waals surface area contributed by atoms with Gasteiger partial charge in [0.15, 0.2) is 0 Å². The second-order valence-electron chi connectivity index (χ2n) is 6.77. The second-order valence-corrected chi connectivity index (χ2v) is 9.59. The van der Waals surface area contributed by atoms with Crippen LogP contribution in [0.3, 0.4) is 0 Å². The summed E-state index contributed by atoms with van der Waals surface area (Å²) in [5, 5.41) is 5.26. The van der Waals surface area contributed by atoms with E-state index in [4.69, 9.17) is 0 Å². The molecule has 0 aromatic carbocycles. The SMILES string of the molecule is CCCCCCC1(CCCCCC)C(Br)=CSC1c1cccs1. The summed E-state index contributed by atoms with van der Waals surface area (Å²) in [4.78, 5) is 1.56. The van der Waals surface area contributed by atoms with Crippen LogP contribution in [0.1, 0.15) is 88.2 Å². The fraction of sp³-hybridized carbons (Fsp3) is 0.700. The van der Waals surface area contributed by atoms with Crippen LogP contribution in [-0.2, 0) is 0 Å². The lowest BCUT2D eigenvalue weighted by Crippen LogP contribution is -2.25. The van der Waals surface area contributed by atoms with Gasteiger partial charge < -0.3 is 0 Å². The molecular formula is C20H31BrS2. The summed E-state index contributed by atoms with van der Waals surface area (Å²) >= 11 is 7.95. The number of allylic oxidation sites excluding steroid dienone is 1. The van der Waals surface area contributed by atoms with Crippen molar-refractivity contribution in [2.75, 3.05) is 0 Å². The molecule has 0 nitrogen and oxygen atoms in total. The molecule has 0 saturated carbocycles. The molecule has 130 valence electrons. The van der Waals surface area contributed by atoms with Gasteiger partial charge in [-0.3, -0.25) is 0 Å². The van der Waals surface area contributed by atoms with Crippen LogP contribution >= 0.6 is 39.0 Å². The molecule has 1 atom stereocenters. The van der Waals surface area contributed by atoms with E-state index in [0.717, 1.165) is 0 Å². The molecule has 0 bridgehead atoms. The first-order chi connectivity index (χ1) is 11.2. The molecule has 0 radical (unpaired) electrons. The van der Waals surface area contributed by atoms with E-state index in [9.17, 15) is 0 Å². The standard InChI is InChI=1S/C20H31BrS2/c1-3-5-7-9-13-20(14-10-8-6-4-2)18(21)16-23-19(20)17-12-11-15-22-17/h11-12,15-16,19H,3-10,13-14H2,1-2H3. The van der Waals surface area contributed by atoms with E-state index >= 15 is 0 Å². The predicted molar refractivity (Wildman–Crippen MR) is 112 cm³/mol. The van der Waals surface area contributed by atoms with Gasteiger partial charge in [-0.25, -0.2) is 0 Å². The van der Waals surface area contributed by atoms with Crippen LogP contribution in [0, 0.1) is 5.41 Å². The molecule has 2 rings (SSSR count). The highest BCUT2D eigenvalue weighted by Crippen LogP contribution is 2.62. The van der Waals surface area contributed by atoms with Crippen molar-refractivity contribution in [1.29, 1.82) is 0 Å². The Labute approximate surface area is 159 Å².